The Bertz CT molecular complexity index is 681. The number of ether oxygens (including phenoxy) is 2. The summed E-state index contributed by atoms with van der Waals surface area (Å²) in [5, 5.41) is 4.42. The Balaban J connectivity index is 1.60. The number of hydrogen-bond donors (Lipinski definition) is 1. The maximum atomic E-state index is 5.98. The first kappa shape index (κ1) is 19.1. The molecule has 3 nitrogen and oxygen atoms in total. The van der Waals surface area contributed by atoms with E-state index in [2.05, 4.69) is 17.4 Å². The van der Waals surface area contributed by atoms with Crippen molar-refractivity contribution in [1.29, 1.82) is 0 Å². The average Bonchev–Trinajstić information content (AvgIpc) is 2.68. The van der Waals surface area contributed by atoms with Crippen LogP contribution in [-0.2, 0) is 13.2 Å². The lowest BCUT2D eigenvalue weighted by atomic mass is 9.95. The van der Waals surface area contributed by atoms with Gasteiger partial charge in [-0.05, 0) is 55.2 Å². The molecule has 0 radical (unpaired) electrons. The normalized spacial score (nSPS) is 15.0. The van der Waals surface area contributed by atoms with Gasteiger partial charge in [-0.3, -0.25) is 0 Å². The Morgan fingerprint density at radius 1 is 0.923 bits per heavy atom. The molecule has 1 N–H and O–H groups in total. The largest absolute Gasteiger partial charge is 0.490 e. The van der Waals surface area contributed by atoms with Crippen molar-refractivity contribution >= 4 is 11.6 Å². The Morgan fingerprint density at radius 3 is 2.38 bits per heavy atom. The van der Waals surface area contributed by atoms with Crippen molar-refractivity contribution in [2.24, 2.45) is 0 Å². The first-order valence-corrected chi connectivity index (χ1v) is 9.98. The zero-order valence-corrected chi connectivity index (χ0v) is 16.2. The highest BCUT2D eigenvalue weighted by Crippen LogP contribution is 2.29. The van der Waals surface area contributed by atoms with Crippen LogP contribution >= 0.6 is 11.6 Å². The van der Waals surface area contributed by atoms with E-state index >= 15 is 0 Å². The van der Waals surface area contributed by atoms with Gasteiger partial charge in [0.15, 0.2) is 11.5 Å². The molecule has 0 unspecified atom stereocenters. The highest BCUT2D eigenvalue weighted by Gasteiger charge is 2.13. The Labute approximate surface area is 161 Å². The molecule has 1 fully saturated rings. The van der Waals surface area contributed by atoms with Crippen molar-refractivity contribution in [2.45, 2.75) is 58.2 Å². The second-order valence-electron chi connectivity index (χ2n) is 6.85. The molecule has 0 amide bonds. The summed E-state index contributed by atoms with van der Waals surface area (Å²) < 4.78 is 11.8. The summed E-state index contributed by atoms with van der Waals surface area (Å²) in [5.41, 5.74) is 2.32. The van der Waals surface area contributed by atoms with Crippen molar-refractivity contribution in [3.8, 4) is 11.5 Å². The first-order valence-electron chi connectivity index (χ1n) is 9.61. The van der Waals surface area contributed by atoms with Crippen LogP contribution < -0.4 is 14.8 Å². The summed E-state index contributed by atoms with van der Waals surface area (Å²) in [6.45, 7) is 3.99. The number of benzene rings is 2. The van der Waals surface area contributed by atoms with E-state index in [4.69, 9.17) is 21.1 Å². The minimum absolute atomic E-state index is 0.497. The molecule has 1 aliphatic rings. The zero-order chi connectivity index (χ0) is 18.2. The van der Waals surface area contributed by atoms with Gasteiger partial charge in [0.05, 0.1) is 6.61 Å². The highest BCUT2D eigenvalue weighted by molar-refractivity contribution is 6.30. The monoisotopic (exact) mass is 373 g/mol. The number of hydrogen-bond acceptors (Lipinski definition) is 3. The van der Waals surface area contributed by atoms with Crippen LogP contribution in [0.2, 0.25) is 5.02 Å². The van der Waals surface area contributed by atoms with E-state index < -0.39 is 0 Å². The molecule has 1 aliphatic carbocycles. The number of halogens is 1. The fourth-order valence-electron chi connectivity index (χ4n) is 3.36. The lowest BCUT2D eigenvalue weighted by molar-refractivity contribution is 0.269. The average molecular weight is 374 g/mol. The summed E-state index contributed by atoms with van der Waals surface area (Å²) in [4.78, 5) is 0. The number of rotatable bonds is 8. The third-order valence-electron chi connectivity index (χ3n) is 4.82. The molecule has 0 heterocycles. The molecule has 3 rings (SSSR count). The van der Waals surface area contributed by atoms with Crippen molar-refractivity contribution in [2.75, 3.05) is 6.61 Å². The van der Waals surface area contributed by atoms with Crippen molar-refractivity contribution < 1.29 is 9.47 Å². The molecule has 0 saturated heterocycles. The third-order valence-corrected chi connectivity index (χ3v) is 5.07. The van der Waals surface area contributed by atoms with E-state index in [0.717, 1.165) is 28.6 Å². The minimum Gasteiger partial charge on any atom is -0.490 e. The van der Waals surface area contributed by atoms with Gasteiger partial charge in [-0.15, -0.1) is 0 Å². The maximum absolute atomic E-state index is 5.98. The highest BCUT2D eigenvalue weighted by atomic mass is 35.5. The van der Waals surface area contributed by atoms with Gasteiger partial charge in [0.2, 0.25) is 0 Å². The first-order chi connectivity index (χ1) is 12.7. The van der Waals surface area contributed by atoms with Crippen LogP contribution in [-0.4, -0.2) is 12.6 Å². The molecule has 0 aromatic heterocycles. The summed E-state index contributed by atoms with van der Waals surface area (Å²) in [5.74, 6) is 1.59. The minimum atomic E-state index is 0.497. The van der Waals surface area contributed by atoms with E-state index in [9.17, 15) is 0 Å². The van der Waals surface area contributed by atoms with Crippen LogP contribution in [0.3, 0.4) is 0 Å². The quantitative estimate of drug-likeness (QED) is 0.640. The van der Waals surface area contributed by atoms with E-state index in [1.165, 1.54) is 37.7 Å². The predicted octanol–water partition coefficient (Wildman–Crippen LogP) is 5.74. The van der Waals surface area contributed by atoms with E-state index in [0.29, 0.717) is 19.3 Å². The van der Waals surface area contributed by atoms with Gasteiger partial charge in [-0.25, -0.2) is 0 Å². The molecule has 0 spiro atoms. The Kier molecular flexibility index (Phi) is 7.22. The van der Waals surface area contributed by atoms with Gasteiger partial charge in [0, 0.05) is 17.6 Å². The topological polar surface area (TPSA) is 30.5 Å². The molecule has 0 aliphatic heterocycles. The molecule has 2 aromatic rings. The number of nitrogens with one attached hydrogen (secondary N) is 1. The second kappa shape index (κ2) is 9.84. The van der Waals surface area contributed by atoms with E-state index in [1.807, 2.05) is 37.3 Å². The van der Waals surface area contributed by atoms with Gasteiger partial charge >= 0.3 is 0 Å². The molecular formula is C22H28ClNO2. The fourth-order valence-corrected chi connectivity index (χ4v) is 3.49. The van der Waals surface area contributed by atoms with Crippen LogP contribution in [0.5, 0.6) is 11.5 Å². The molecule has 1 saturated carbocycles. The van der Waals surface area contributed by atoms with Crippen LogP contribution in [0.1, 0.15) is 50.2 Å². The Morgan fingerprint density at radius 2 is 1.65 bits per heavy atom. The summed E-state index contributed by atoms with van der Waals surface area (Å²) in [6.07, 6.45) is 6.66. The summed E-state index contributed by atoms with van der Waals surface area (Å²) >= 11 is 5.93. The lowest BCUT2D eigenvalue weighted by Crippen LogP contribution is -2.30. The summed E-state index contributed by atoms with van der Waals surface area (Å²) in [6, 6.07) is 14.6. The van der Waals surface area contributed by atoms with Crippen LogP contribution in [0, 0.1) is 0 Å². The standard InChI is InChI=1S/C22H28ClNO2/c1-2-25-22-14-18(15-24-20-6-4-3-5-7-20)10-13-21(22)26-16-17-8-11-19(23)12-9-17/h8-14,20,24H,2-7,15-16H2,1H3. The molecule has 2 aromatic carbocycles. The predicted molar refractivity (Wildman–Crippen MR) is 107 cm³/mol. The molecule has 4 heteroatoms. The lowest BCUT2D eigenvalue weighted by Gasteiger charge is -2.23. The van der Waals surface area contributed by atoms with E-state index in [1.54, 1.807) is 0 Å². The van der Waals surface area contributed by atoms with Crippen molar-refractivity contribution in [3.05, 3.63) is 58.6 Å². The van der Waals surface area contributed by atoms with Gasteiger partial charge in [-0.2, -0.15) is 0 Å². The molecule has 140 valence electrons. The van der Waals surface area contributed by atoms with Crippen LogP contribution in [0.15, 0.2) is 42.5 Å². The van der Waals surface area contributed by atoms with Gasteiger partial charge in [-0.1, -0.05) is 49.1 Å². The fraction of sp³-hybridized carbons (Fsp3) is 0.455. The van der Waals surface area contributed by atoms with Crippen LogP contribution in [0.4, 0.5) is 0 Å². The van der Waals surface area contributed by atoms with Crippen molar-refractivity contribution in [1.82, 2.24) is 5.32 Å². The third kappa shape index (κ3) is 5.65. The van der Waals surface area contributed by atoms with E-state index in [-0.39, 0.29) is 0 Å². The second-order valence-corrected chi connectivity index (χ2v) is 7.28. The van der Waals surface area contributed by atoms with Gasteiger partial charge in [0.1, 0.15) is 6.61 Å². The Hall–Kier alpha value is -1.71. The van der Waals surface area contributed by atoms with Crippen LogP contribution in [0.25, 0.3) is 0 Å². The molecule has 26 heavy (non-hydrogen) atoms. The molecule has 0 bridgehead atoms. The summed E-state index contributed by atoms with van der Waals surface area (Å²) in [7, 11) is 0. The smallest absolute Gasteiger partial charge is 0.161 e. The zero-order valence-electron chi connectivity index (χ0n) is 15.5. The molecular weight excluding hydrogens is 346 g/mol. The SMILES string of the molecule is CCOc1cc(CNC2CCCCC2)ccc1OCc1ccc(Cl)cc1. The van der Waals surface area contributed by atoms with Gasteiger partial charge in [0.25, 0.3) is 0 Å². The van der Waals surface area contributed by atoms with Crippen molar-refractivity contribution in [3.63, 3.8) is 0 Å². The molecule has 0 atom stereocenters. The van der Waals surface area contributed by atoms with Gasteiger partial charge < -0.3 is 14.8 Å². The maximum Gasteiger partial charge on any atom is 0.161 e.